The van der Waals surface area contributed by atoms with Crippen molar-refractivity contribution in [1.29, 1.82) is 0 Å². The Labute approximate surface area is 149 Å². The van der Waals surface area contributed by atoms with Gasteiger partial charge in [0.15, 0.2) is 0 Å². The molecule has 0 unspecified atom stereocenters. The molecule has 132 valence electrons. The largest absolute Gasteiger partial charge is 0.508 e. The zero-order chi connectivity index (χ0) is 17.9. The van der Waals surface area contributed by atoms with Crippen LogP contribution in [-0.2, 0) is 9.53 Å². The van der Waals surface area contributed by atoms with Crippen LogP contribution in [0, 0.1) is 5.41 Å². The fourth-order valence-electron chi connectivity index (χ4n) is 3.64. The van der Waals surface area contributed by atoms with Crippen LogP contribution in [-0.4, -0.2) is 42.2 Å². The highest BCUT2D eigenvalue weighted by atomic mass is 16.5. The van der Waals surface area contributed by atoms with Gasteiger partial charge < -0.3 is 14.7 Å². The van der Waals surface area contributed by atoms with Crippen molar-refractivity contribution in [3.8, 4) is 5.75 Å². The predicted molar refractivity (Wildman–Crippen MR) is 97.6 cm³/mol. The lowest BCUT2D eigenvalue weighted by atomic mass is 9.70. The molecule has 1 amide bonds. The van der Waals surface area contributed by atoms with E-state index in [1.54, 1.807) is 12.1 Å². The Kier molecular flexibility index (Phi) is 5.09. The van der Waals surface area contributed by atoms with Gasteiger partial charge in [-0.25, -0.2) is 0 Å². The number of aromatic hydroxyl groups is 1. The van der Waals surface area contributed by atoms with Crippen molar-refractivity contribution in [2.45, 2.75) is 19.8 Å². The SMILES string of the molecule is CC(C)(C(=O)N1CCOCC1)[C@@H](c1ccccc1)c1ccc(O)cc1. The van der Waals surface area contributed by atoms with Gasteiger partial charge in [0.25, 0.3) is 0 Å². The van der Waals surface area contributed by atoms with Gasteiger partial charge in [-0.3, -0.25) is 4.79 Å². The molecule has 0 aliphatic carbocycles. The minimum absolute atomic E-state index is 0.0929. The first-order chi connectivity index (χ1) is 12.0. The van der Waals surface area contributed by atoms with E-state index in [-0.39, 0.29) is 17.6 Å². The number of rotatable bonds is 4. The molecular formula is C21H25NO3. The smallest absolute Gasteiger partial charge is 0.229 e. The molecule has 1 atom stereocenters. The van der Waals surface area contributed by atoms with Gasteiger partial charge in [-0.2, -0.15) is 0 Å². The maximum absolute atomic E-state index is 13.3. The fourth-order valence-corrected chi connectivity index (χ4v) is 3.64. The molecule has 1 heterocycles. The number of benzene rings is 2. The minimum atomic E-state index is -0.615. The summed E-state index contributed by atoms with van der Waals surface area (Å²) in [5.74, 6) is 0.273. The Hall–Kier alpha value is -2.33. The maximum atomic E-state index is 13.3. The normalized spacial score (nSPS) is 16.5. The number of carbonyl (C=O) groups is 1. The highest BCUT2D eigenvalue weighted by Crippen LogP contribution is 2.42. The number of hydrogen-bond acceptors (Lipinski definition) is 3. The number of phenols is 1. The van der Waals surface area contributed by atoms with Crippen LogP contribution >= 0.6 is 0 Å². The van der Waals surface area contributed by atoms with Crippen molar-refractivity contribution in [2.75, 3.05) is 26.3 Å². The molecule has 4 heteroatoms. The summed E-state index contributed by atoms with van der Waals surface area (Å²) in [5, 5.41) is 9.64. The third kappa shape index (κ3) is 3.69. The van der Waals surface area contributed by atoms with Gasteiger partial charge >= 0.3 is 0 Å². The van der Waals surface area contributed by atoms with E-state index in [2.05, 4.69) is 12.1 Å². The summed E-state index contributed by atoms with van der Waals surface area (Å²) in [6.07, 6.45) is 0. The van der Waals surface area contributed by atoms with Crippen LogP contribution in [0.3, 0.4) is 0 Å². The molecule has 2 aromatic carbocycles. The Morgan fingerprint density at radius 3 is 2.16 bits per heavy atom. The number of hydrogen-bond donors (Lipinski definition) is 1. The Morgan fingerprint density at radius 2 is 1.56 bits per heavy atom. The van der Waals surface area contributed by atoms with Crippen LogP contribution in [0.5, 0.6) is 5.75 Å². The van der Waals surface area contributed by atoms with Crippen LogP contribution in [0.2, 0.25) is 0 Å². The first-order valence-corrected chi connectivity index (χ1v) is 8.71. The summed E-state index contributed by atoms with van der Waals surface area (Å²) >= 11 is 0. The second-order valence-electron chi connectivity index (χ2n) is 7.06. The molecule has 25 heavy (non-hydrogen) atoms. The minimum Gasteiger partial charge on any atom is -0.508 e. The summed E-state index contributed by atoms with van der Waals surface area (Å²) in [4.78, 5) is 15.2. The van der Waals surface area contributed by atoms with Gasteiger partial charge in [0, 0.05) is 19.0 Å². The summed E-state index contributed by atoms with van der Waals surface area (Å²) in [5.41, 5.74) is 1.51. The van der Waals surface area contributed by atoms with Gasteiger partial charge in [0.2, 0.25) is 5.91 Å². The number of phenolic OH excluding ortho intramolecular Hbond substituents is 1. The Bertz CT molecular complexity index is 704. The van der Waals surface area contributed by atoms with Crippen LogP contribution in [0.4, 0.5) is 0 Å². The van der Waals surface area contributed by atoms with Gasteiger partial charge in [-0.1, -0.05) is 56.3 Å². The topological polar surface area (TPSA) is 49.8 Å². The first-order valence-electron chi connectivity index (χ1n) is 8.71. The van der Waals surface area contributed by atoms with Crippen LogP contribution in [0.15, 0.2) is 54.6 Å². The summed E-state index contributed by atoms with van der Waals surface area (Å²) < 4.78 is 5.38. The molecule has 0 bridgehead atoms. The lowest BCUT2D eigenvalue weighted by Gasteiger charge is -2.39. The van der Waals surface area contributed by atoms with Crippen LogP contribution in [0.1, 0.15) is 30.9 Å². The second-order valence-corrected chi connectivity index (χ2v) is 7.06. The number of ether oxygens (including phenoxy) is 1. The van der Waals surface area contributed by atoms with E-state index in [0.29, 0.717) is 26.3 Å². The van der Waals surface area contributed by atoms with Gasteiger partial charge in [-0.15, -0.1) is 0 Å². The van der Waals surface area contributed by atoms with Crippen molar-refractivity contribution in [3.05, 3.63) is 65.7 Å². The van der Waals surface area contributed by atoms with E-state index in [0.717, 1.165) is 11.1 Å². The van der Waals surface area contributed by atoms with Gasteiger partial charge in [-0.05, 0) is 23.3 Å². The molecule has 2 aromatic rings. The van der Waals surface area contributed by atoms with Crippen molar-refractivity contribution < 1.29 is 14.6 Å². The molecule has 0 spiro atoms. The molecular weight excluding hydrogens is 314 g/mol. The molecule has 1 saturated heterocycles. The van der Waals surface area contributed by atoms with E-state index < -0.39 is 5.41 Å². The number of carbonyl (C=O) groups excluding carboxylic acids is 1. The molecule has 0 aromatic heterocycles. The molecule has 4 nitrogen and oxygen atoms in total. The predicted octanol–water partition coefficient (Wildman–Crippen LogP) is 3.41. The van der Waals surface area contributed by atoms with Crippen molar-refractivity contribution in [2.24, 2.45) is 5.41 Å². The molecule has 1 aliphatic heterocycles. The van der Waals surface area contributed by atoms with Crippen LogP contribution in [0.25, 0.3) is 0 Å². The van der Waals surface area contributed by atoms with Crippen molar-refractivity contribution in [1.82, 2.24) is 4.90 Å². The second kappa shape index (κ2) is 7.28. The summed E-state index contributed by atoms with van der Waals surface area (Å²) in [7, 11) is 0. The van der Waals surface area contributed by atoms with Gasteiger partial charge in [0.1, 0.15) is 5.75 Å². The molecule has 0 saturated carbocycles. The molecule has 1 N–H and O–H groups in total. The van der Waals surface area contributed by atoms with E-state index >= 15 is 0 Å². The third-order valence-corrected chi connectivity index (χ3v) is 4.93. The van der Waals surface area contributed by atoms with Crippen molar-refractivity contribution >= 4 is 5.91 Å². The Balaban J connectivity index is 2.00. The third-order valence-electron chi connectivity index (χ3n) is 4.93. The first kappa shape index (κ1) is 17.5. The molecule has 1 aliphatic rings. The Morgan fingerprint density at radius 1 is 1.00 bits per heavy atom. The monoisotopic (exact) mass is 339 g/mol. The fraction of sp³-hybridized carbons (Fsp3) is 0.381. The quantitative estimate of drug-likeness (QED) is 0.929. The standard InChI is InChI=1S/C21H25NO3/c1-21(2,20(24)22-12-14-25-15-13-22)19(16-6-4-3-5-7-16)17-8-10-18(23)11-9-17/h3-11,19,23H,12-15H2,1-2H3/t19-/m0/s1. The number of amides is 1. The highest BCUT2D eigenvalue weighted by molar-refractivity contribution is 5.84. The molecule has 3 rings (SSSR count). The molecule has 0 radical (unpaired) electrons. The molecule has 1 fully saturated rings. The zero-order valence-corrected chi connectivity index (χ0v) is 14.8. The van der Waals surface area contributed by atoms with E-state index in [9.17, 15) is 9.90 Å². The summed E-state index contributed by atoms with van der Waals surface area (Å²) in [6, 6.07) is 17.3. The zero-order valence-electron chi connectivity index (χ0n) is 14.8. The summed E-state index contributed by atoms with van der Waals surface area (Å²) in [6.45, 7) is 6.48. The lowest BCUT2D eigenvalue weighted by molar-refractivity contribution is -0.145. The number of nitrogens with zero attached hydrogens (tertiary/aromatic N) is 1. The van der Waals surface area contributed by atoms with Gasteiger partial charge in [0.05, 0.1) is 18.6 Å². The highest BCUT2D eigenvalue weighted by Gasteiger charge is 2.41. The van der Waals surface area contributed by atoms with E-state index in [4.69, 9.17) is 4.74 Å². The average Bonchev–Trinajstić information content (AvgIpc) is 2.64. The lowest BCUT2D eigenvalue weighted by Crippen LogP contribution is -2.48. The average molecular weight is 339 g/mol. The van der Waals surface area contributed by atoms with Crippen molar-refractivity contribution in [3.63, 3.8) is 0 Å². The van der Waals surface area contributed by atoms with E-state index in [1.165, 1.54) is 0 Å². The van der Waals surface area contributed by atoms with Crippen LogP contribution < -0.4 is 0 Å². The number of morpholine rings is 1. The van der Waals surface area contributed by atoms with E-state index in [1.807, 2.05) is 49.1 Å². The maximum Gasteiger partial charge on any atom is 0.229 e.